The van der Waals surface area contributed by atoms with Crippen LogP contribution in [0, 0.1) is 0 Å². The Bertz CT molecular complexity index is 545. The fourth-order valence-corrected chi connectivity index (χ4v) is 1.83. The Morgan fingerprint density at radius 1 is 0.889 bits per heavy atom. The Hall–Kier alpha value is -1.51. The Morgan fingerprint density at radius 2 is 1.39 bits per heavy atom. The molecule has 0 aliphatic heterocycles. The van der Waals surface area contributed by atoms with Crippen molar-refractivity contribution < 1.29 is 4.99 Å². The van der Waals surface area contributed by atoms with Crippen molar-refractivity contribution in [2.75, 3.05) is 12.4 Å². The molecule has 0 atom stereocenters. The number of hydrogen-bond acceptors (Lipinski definition) is 0. The molecular formula is C14H13Cl2N2+. The minimum Gasteiger partial charge on any atom is -0.277 e. The third kappa shape index (κ3) is 3.25. The van der Waals surface area contributed by atoms with Gasteiger partial charge in [-0.2, -0.15) is 0 Å². The van der Waals surface area contributed by atoms with Gasteiger partial charge >= 0.3 is 0 Å². The maximum absolute atomic E-state index is 5.87. The van der Waals surface area contributed by atoms with Crippen molar-refractivity contribution in [2.24, 2.45) is 0 Å². The molecule has 2 nitrogen and oxygen atoms in total. The Labute approximate surface area is 116 Å². The van der Waals surface area contributed by atoms with E-state index in [1.165, 1.54) is 0 Å². The Balaban J connectivity index is 2.20. The smallest absolute Gasteiger partial charge is 0.277 e. The molecule has 2 N–H and O–H groups in total. The standard InChI is InChI=1S/C14H12Cl2N2/c1-17-14(10-2-4-11(15)5-3-10)18-13-8-6-12(16)7-9-13/h2-9H,1H3,(H,17,18)/p+1. The van der Waals surface area contributed by atoms with E-state index in [0.717, 1.165) is 27.1 Å². The largest absolute Gasteiger partial charge is 0.279 e. The van der Waals surface area contributed by atoms with E-state index in [2.05, 4.69) is 10.3 Å². The van der Waals surface area contributed by atoms with Gasteiger partial charge in [0.2, 0.25) is 0 Å². The molecule has 0 unspecified atom stereocenters. The highest BCUT2D eigenvalue weighted by Gasteiger charge is 2.09. The SMILES string of the molecule is C[NH+]=C(Nc1ccc(Cl)cc1)c1ccc(Cl)cc1. The van der Waals surface area contributed by atoms with Gasteiger partial charge in [0.25, 0.3) is 5.84 Å². The first kappa shape index (κ1) is 12.9. The van der Waals surface area contributed by atoms with E-state index in [9.17, 15) is 0 Å². The van der Waals surface area contributed by atoms with Gasteiger partial charge < -0.3 is 0 Å². The maximum Gasteiger partial charge on any atom is 0.279 e. The molecule has 92 valence electrons. The molecule has 2 aromatic carbocycles. The predicted molar refractivity (Wildman–Crippen MR) is 77.5 cm³/mol. The number of halogens is 2. The van der Waals surface area contributed by atoms with E-state index >= 15 is 0 Å². The van der Waals surface area contributed by atoms with E-state index in [4.69, 9.17) is 23.2 Å². The lowest BCUT2D eigenvalue weighted by atomic mass is 10.2. The van der Waals surface area contributed by atoms with E-state index < -0.39 is 0 Å². The first-order valence-corrected chi connectivity index (χ1v) is 6.28. The fourth-order valence-electron chi connectivity index (χ4n) is 1.57. The quantitative estimate of drug-likeness (QED) is 0.641. The van der Waals surface area contributed by atoms with Crippen LogP contribution in [0.4, 0.5) is 5.69 Å². The summed E-state index contributed by atoms with van der Waals surface area (Å²) in [5.41, 5.74) is 2.01. The lowest BCUT2D eigenvalue weighted by molar-refractivity contribution is -0.419. The highest BCUT2D eigenvalue weighted by atomic mass is 35.5. The zero-order chi connectivity index (χ0) is 13.0. The third-order valence-corrected chi connectivity index (χ3v) is 3.00. The van der Waals surface area contributed by atoms with Crippen molar-refractivity contribution in [1.82, 2.24) is 0 Å². The molecule has 0 fully saturated rings. The summed E-state index contributed by atoms with van der Waals surface area (Å²) in [6.45, 7) is 0. The van der Waals surface area contributed by atoms with Gasteiger partial charge in [-0.3, -0.25) is 4.99 Å². The molecule has 0 heterocycles. The van der Waals surface area contributed by atoms with Crippen LogP contribution in [0.3, 0.4) is 0 Å². The minimum atomic E-state index is 0.720. The second kappa shape index (κ2) is 5.89. The molecule has 0 amide bonds. The second-order valence-electron chi connectivity index (χ2n) is 3.76. The number of amidine groups is 1. The Kier molecular flexibility index (Phi) is 4.24. The third-order valence-electron chi connectivity index (χ3n) is 2.50. The summed E-state index contributed by atoms with van der Waals surface area (Å²) in [5.74, 6) is 0.911. The van der Waals surface area contributed by atoms with E-state index in [0.29, 0.717) is 0 Å². The van der Waals surface area contributed by atoms with Crippen LogP contribution in [0.2, 0.25) is 10.0 Å². The van der Waals surface area contributed by atoms with Crippen LogP contribution >= 0.6 is 23.2 Å². The molecule has 0 aromatic heterocycles. The van der Waals surface area contributed by atoms with E-state index in [1.807, 2.05) is 55.6 Å². The topological polar surface area (TPSA) is 26.0 Å². The van der Waals surface area contributed by atoms with Gasteiger partial charge in [0.15, 0.2) is 0 Å². The van der Waals surface area contributed by atoms with Gasteiger partial charge in [0.05, 0.1) is 12.6 Å². The molecule has 0 saturated heterocycles. The average molecular weight is 280 g/mol. The summed E-state index contributed by atoms with van der Waals surface area (Å²) >= 11 is 11.7. The number of hydrogen-bond donors (Lipinski definition) is 2. The van der Waals surface area contributed by atoms with Crippen molar-refractivity contribution in [1.29, 1.82) is 0 Å². The first-order chi connectivity index (χ1) is 8.69. The molecule has 2 aromatic rings. The van der Waals surface area contributed by atoms with E-state index in [-0.39, 0.29) is 0 Å². The summed E-state index contributed by atoms with van der Waals surface area (Å²) in [6, 6.07) is 15.2. The van der Waals surface area contributed by atoms with Crippen LogP contribution in [0.5, 0.6) is 0 Å². The molecule has 2 rings (SSSR count). The molecule has 0 bridgehead atoms. The molecule has 0 radical (unpaired) electrons. The molecule has 0 aliphatic rings. The van der Waals surface area contributed by atoms with Crippen LogP contribution in [0.25, 0.3) is 0 Å². The van der Waals surface area contributed by atoms with Gasteiger partial charge in [-0.25, -0.2) is 5.32 Å². The summed E-state index contributed by atoms with van der Waals surface area (Å²) in [5, 5.41) is 4.74. The maximum atomic E-state index is 5.87. The molecule has 0 spiro atoms. The molecule has 4 heteroatoms. The highest BCUT2D eigenvalue weighted by Crippen LogP contribution is 2.15. The first-order valence-electron chi connectivity index (χ1n) is 5.52. The van der Waals surface area contributed by atoms with Crippen LogP contribution in [-0.2, 0) is 0 Å². The number of nitrogens with one attached hydrogen (secondary N) is 2. The van der Waals surface area contributed by atoms with Gasteiger partial charge in [0, 0.05) is 10.0 Å². The summed E-state index contributed by atoms with van der Waals surface area (Å²) < 4.78 is 0. The predicted octanol–water partition coefficient (Wildman–Crippen LogP) is 2.56. The summed E-state index contributed by atoms with van der Waals surface area (Å²) in [6.07, 6.45) is 0. The molecule has 0 aliphatic carbocycles. The van der Waals surface area contributed by atoms with Crippen LogP contribution < -0.4 is 10.3 Å². The van der Waals surface area contributed by atoms with Crippen LogP contribution in [-0.4, -0.2) is 12.9 Å². The van der Waals surface area contributed by atoms with Crippen molar-refractivity contribution in [2.45, 2.75) is 0 Å². The van der Waals surface area contributed by atoms with Crippen molar-refractivity contribution >= 4 is 34.7 Å². The highest BCUT2D eigenvalue weighted by molar-refractivity contribution is 6.31. The monoisotopic (exact) mass is 279 g/mol. The number of benzene rings is 2. The second-order valence-corrected chi connectivity index (χ2v) is 4.64. The van der Waals surface area contributed by atoms with Crippen LogP contribution in [0.1, 0.15) is 5.56 Å². The molecule has 0 saturated carbocycles. The van der Waals surface area contributed by atoms with Gasteiger partial charge in [-0.05, 0) is 48.5 Å². The molecular weight excluding hydrogens is 267 g/mol. The van der Waals surface area contributed by atoms with Crippen molar-refractivity contribution in [3.05, 3.63) is 64.1 Å². The van der Waals surface area contributed by atoms with Gasteiger partial charge in [0.1, 0.15) is 5.69 Å². The minimum absolute atomic E-state index is 0.720. The number of anilines is 1. The summed E-state index contributed by atoms with van der Waals surface area (Å²) in [7, 11) is 1.87. The fraction of sp³-hybridized carbons (Fsp3) is 0.0714. The van der Waals surface area contributed by atoms with Gasteiger partial charge in [-0.1, -0.05) is 23.2 Å². The normalized spacial score (nSPS) is 11.4. The zero-order valence-corrected chi connectivity index (χ0v) is 11.4. The molecule has 18 heavy (non-hydrogen) atoms. The van der Waals surface area contributed by atoms with Gasteiger partial charge in [-0.15, -0.1) is 0 Å². The van der Waals surface area contributed by atoms with E-state index in [1.54, 1.807) is 0 Å². The lowest BCUT2D eigenvalue weighted by Crippen LogP contribution is -2.70. The zero-order valence-electron chi connectivity index (χ0n) is 9.87. The Morgan fingerprint density at radius 3 is 1.89 bits per heavy atom. The summed E-state index contributed by atoms with van der Waals surface area (Å²) in [4.78, 5) is 3.13. The number of rotatable bonds is 2. The van der Waals surface area contributed by atoms with Crippen molar-refractivity contribution in [3.8, 4) is 0 Å². The van der Waals surface area contributed by atoms with Crippen molar-refractivity contribution in [3.63, 3.8) is 0 Å². The lowest BCUT2D eigenvalue weighted by Gasteiger charge is -2.03. The van der Waals surface area contributed by atoms with Crippen LogP contribution in [0.15, 0.2) is 48.5 Å². The average Bonchev–Trinajstić information content (AvgIpc) is 2.39.